The number of nitrogens with one attached hydrogen (secondary N) is 2. The van der Waals surface area contributed by atoms with Crippen molar-refractivity contribution in [3.05, 3.63) is 63.4 Å². The normalized spacial score (nSPS) is 26.5. The third-order valence-electron chi connectivity index (χ3n) is 5.60. The predicted molar refractivity (Wildman–Crippen MR) is 135 cm³/mol. The standard InChI is InChI=1S/C23H30ClFN3O9P/c1-13(2)34-20(31)14(3)27-38(33,37-16-8-6-5-7-9-16)36-15(4)18-19(30)23(24,12-25)21(35-18)28-11-10-17(29)26-22(28)32/h5-11,13-15,18-19,21,30H,12H2,1-4H3,(H,27,33)(H,26,29,32)/t14-,15+,18+,19?,21+,23+,38?/m0/s1. The van der Waals surface area contributed by atoms with E-state index in [0.29, 0.717) is 0 Å². The number of hydrogen-bond donors (Lipinski definition) is 3. The third kappa shape index (κ3) is 6.71. The summed E-state index contributed by atoms with van der Waals surface area (Å²) in [7, 11) is -4.38. The molecule has 1 aromatic heterocycles. The number of benzene rings is 1. The lowest BCUT2D eigenvalue weighted by atomic mass is 9.97. The molecule has 0 amide bonds. The molecule has 1 aliphatic heterocycles. The lowest BCUT2D eigenvalue weighted by Crippen LogP contribution is -2.48. The van der Waals surface area contributed by atoms with Crippen LogP contribution in [0.1, 0.15) is 33.9 Å². The largest absolute Gasteiger partial charge is 0.462 e. The van der Waals surface area contributed by atoms with Crippen molar-refractivity contribution in [1.29, 1.82) is 0 Å². The van der Waals surface area contributed by atoms with Gasteiger partial charge in [0.1, 0.15) is 35.5 Å². The first-order valence-corrected chi connectivity index (χ1v) is 13.6. The summed E-state index contributed by atoms with van der Waals surface area (Å²) in [6.07, 6.45) is -5.41. The molecular formula is C23H30ClFN3O9P. The maximum absolute atomic E-state index is 14.2. The quantitative estimate of drug-likeness (QED) is 0.205. The topological polar surface area (TPSA) is 158 Å². The second-order valence-corrected chi connectivity index (χ2v) is 11.4. The molecule has 1 saturated heterocycles. The molecular weight excluding hydrogens is 548 g/mol. The SMILES string of the molecule is CC(C)OC(=O)[C@H](C)NP(=O)(Oc1ccccc1)O[C@H](C)[C@H]1O[C@@H](n2ccc(=O)[nH]c2=O)[C@@](Cl)(CF)C1O. The number of carbonyl (C=O) groups is 1. The number of H-pyrrole nitrogens is 1. The molecule has 1 fully saturated rings. The van der Waals surface area contributed by atoms with Crippen LogP contribution in [0.2, 0.25) is 0 Å². The van der Waals surface area contributed by atoms with E-state index in [4.69, 9.17) is 30.1 Å². The van der Waals surface area contributed by atoms with E-state index in [9.17, 15) is 28.4 Å². The van der Waals surface area contributed by atoms with Crippen LogP contribution in [0.4, 0.5) is 4.39 Å². The summed E-state index contributed by atoms with van der Waals surface area (Å²) in [5.74, 6) is -0.582. The Morgan fingerprint density at radius 2 is 1.92 bits per heavy atom. The average molecular weight is 578 g/mol. The van der Waals surface area contributed by atoms with Crippen molar-refractivity contribution in [2.45, 2.75) is 69.3 Å². The van der Waals surface area contributed by atoms with E-state index in [0.717, 1.165) is 16.8 Å². The molecule has 1 aliphatic rings. The molecule has 1 aromatic carbocycles. The number of ether oxygens (including phenoxy) is 2. The minimum absolute atomic E-state index is 0.140. The Hall–Kier alpha value is -2.54. The molecule has 2 unspecified atom stereocenters. The van der Waals surface area contributed by atoms with Crippen molar-refractivity contribution < 1.29 is 37.4 Å². The van der Waals surface area contributed by atoms with Crippen LogP contribution in [0, 0.1) is 0 Å². The molecule has 0 aliphatic carbocycles. The molecule has 0 radical (unpaired) electrons. The van der Waals surface area contributed by atoms with Gasteiger partial charge >= 0.3 is 19.4 Å². The number of carbonyl (C=O) groups excluding carboxylic acids is 1. The Kier molecular flexibility index (Phi) is 9.56. The second-order valence-electron chi connectivity index (χ2n) is 9.02. The Morgan fingerprint density at radius 1 is 1.26 bits per heavy atom. The van der Waals surface area contributed by atoms with Gasteiger partial charge in [-0.3, -0.25) is 23.7 Å². The van der Waals surface area contributed by atoms with Crippen LogP contribution in [-0.2, 0) is 23.4 Å². The summed E-state index contributed by atoms with van der Waals surface area (Å²) in [6, 6.07) is 7.83. The zero-order chi connectivity index (χ0) is 28.3. The fraction of sp³-hybridized carbons (Fsp3) is 0.522. The lowest BCUT2D eigenvalue weighted by molar-refractivity contribution is -0.149. The smallest absolute Gasteiger partial charge is 0.459 e. The van der Waals surface area contributed by atoms with Crippen molar-refractivity contribution in [2.24, 2.45) is 0 Å². The summed E-state index contributed by atoms with van der Waals surface area (Å²) in [6.45, 7) is 4.72. The van der Waals surface area contributed by atoms with Crippen LogP contribution in [0.25, 0.3) is 0 Å². The van der Waals surface area contributed by atoms with Crippen LogP contribution < -0.4 is 20.9 Å². The minimum Gasteiger partial charge on any atom is -0.462 e. The van der Waals surface area contributed by atoms with Gasteiger partial charge in [0.15, 0.2) is 6.23 Å². The van der Waals surface area contributed by atoms with Gasteiger partial charge in [-0.1, -0.05) is 18.2 Å². The van der Waals surface area contributed by atoms with Crippen LogP contribution in [0.15, 0.2) is 52.2 Å². The number of halogens is 2. The maximum atomic E-state index is 14.2. The Labute approximate surface area is 222 Å². The van der Waals surface area contributed by atoms with Crippen LogP contribution in [0.3, 0.4) is 0 Å². The van der Waals surface area contributed by atoms with E-state index in [1.165, 1.54) is 26.0 Å². The molecule has 0 saturated carbocycles. The summed E-state index contributed by atoms with van der Waals surface area (Å²) in [4.78, 5) is 36.0. The number of aliphatic hydroxyl groups excluding tert-OH is 1. The highest BCUT2D eigenvalue weighted by molar-refractivity contribution is 7.52. The van der Waals surface area contributed by atoms with E-state index in [-0.39, 0.29) is 5.75 Å². The molecule has 7 atom stereocenters. The fourth-order valence-electron chi connectivity index (χ4n) is 3.78. The number of esters is 1. The van der Waals surface area contributed by atoms with Gasteiger partial charge in [0.2, 0.25) is 0 Å². The Bertz CT molecular complexity index is 1280. The lowest BCUT2D eigenvalue weighted by Gasteiger charge is -2.30. The summed E-state index contributed by atoms with van der Waals surface area (Å²) < 4.78 is 51.0. The van der Waals surface area contributed by atoms with Crippen molar-refractivity contribution >= 4 is 25.3 Å². The van der Waals surface area contributed by atoms with Crippen LogP contribution in [-0.4, -0.2) is 62.6 Å². The van der Waals surface area contributed by atoms with Gasteiger partial charge in [0, 0.05) is 12.3 Å². The van der Waals surface area contributed by atoms with Crippen LogP contribution in [0.5, 0.6) is 5.75 Å². The summed E-state index contributed by atoms with van der Waals surface area (Å²) >= 11 is 6.40. The first kappa shape index (κ1) is 30.0. The number of para-hydroxylation sites is 1. The Balaban J connectivity index is 1.89. The van der Waals surface area contributed by atoms with E-state index in [1.807, 2.05) is 4.98 Å². The highest BCUT2D eigenvalue weighted by Crippen LogP contribution is 2.50. The number of aromatic amines is 1. The van der Waals surface area contributed by atoms with Gasteiger partial charge in [-0.25, -0.2) is 13.8 Å². The number of alkyl halides is 2. The molecule has 0 spiro atoms. The van der Waals surface area contributed by atoms with Crippen molar-refractivity contribution in [1.82, 2.24) is 14.6 Å². The van der Waals surface area contributed by atoms with Crippen molar-refractivity contribution in [2.75, 3.05) is 6.67 Å². The number of rotatable bonds is 11. The van der Waals surface area contributed by atoms with Gasteiger partial charge < -0.3 is 19.1 Å². The maximum Gasteiger partial charge on any atom is 0.459 e. The molecule has 3 N–H and O–H groups in total. The monoisotopic (exact) mass is 577 g/mol. The van der Waals surface area contributed by atoms with Gasteiger partial charge in [-0.2, -0.15) is 5.09 Å². The molecule has 38 heavy (non-hydrogen) atoms. The molecule has 210 valence electrons. The van der Waals surface area contributed by atoms with Gasteiger partial charge in [-0.15, -0.1) is 11.6 Å². The molecule has 0 bridgehead atoms. The van der Waals surface area contributed by atoms with E-state index in [1.54, 1.807) is 32.0 Å². The molecule has 2 heterocycles. The average Bonchev–Trinajstić information content (AvgIpc) is 3.10. The van der Waals surface area contributed by atoms with E-state index in [2.05, 4.69) is 5.09 Å². The highest BCUT2D eigenvalue weighted by atomic mass is 35.5. The number of aliphatic hydroxyl groups is 1. The van der Waals surface area contributed by atoms with E-state index >= 15 is 0 Å². The number of aromatic nitrogens is 2. The minimum atomic E-state index is -4.38. The molecule has 2 aromatic rings. The van der Waals surface area contributed by atoms with Gasteiger partial charge in [-0.05, 0) is 39.8 Å². The second kappa shape index (κ2) is 12.1. The molecule has 15 heteroatoms. The van der Waals surface area contributed by atoms with Crippen molar-refractivity contribution in [3.8, 4) is 5.75 Å². The third-order valence-corrected chi connectivity index (χ3v) is 7.88. The van der Waals surface area contributed by atoms with E-state index < -0.39 is 73.2 Å². The zero-order valence-electron chi connectivity index (χ0n) is 21.1. The molecule has 12 nitrogen and oxygen atoms in total. The molecule has 3 rings (SSSR count). The Morgan fingerprint density at radius 3 is 2.50 bits per heavy atom. The predicted octanol–water partition coefficient (Wildman–Crippen LogP) is 2.26. The van der Waals surface area contributed by atoms with Gasteiger partial charge in [0.05, 0.1) is 12.2 Å². The van der Waals surface area contributed by atoms with Gasteiger partial charge in [0.25, 0.3) is 5.56 Å². The first-order valence-electron chi connectivity index (χ1n) is 11.7. The zero-order valence-corrected chi connectivity index (χ0v) is 22.7. The summed E-state index contributed by atoms with van der Waals surface area (Å²) in [5.41, 5.74) is -1.65. The number of nitrogens with zero attached hydrogens (tertiary/aromatic N) is 1. The fourth-order valence-corrected chi connectivity index (χ4v) is 5.75. The summed E-state index contributed by atoms with van der Waals surface area (Å²) in [5, 5.41) is 13.4. The number of hydrogen-bond acceptors (Lipinski definition) is 9. The first-order chi connectivity index (χ1) is 17.8. The highest BCUT2D eigenvalue weighted by Gasteiger charge is 2.59. The van der Waals surface area contributed by atoms with Crippen LogP contribution >= 0.6 is 19.3 Å². The van der Waals surface area contributed by atoms with Crippen molar-refractivity contribution in [3.63, 3.8) is 0 Å².